The lowest BCUT2D eigenvalue weighted by molar-refractivity contribution is 0.0796. The van der Waals surface area contributed by atoms with Gasteiger partial charge in [-0.1, -0.05) is 48.5 Å². The van der Waals surface area contributed by atoms with Crippen LogP contribution in [0.1, 0.15) is 21.5 Å². The molecule has 0 unspecified atom stereocenters. The zero-order valence-corrected chi connectivity index (χ0v) is 17.3. The number of nitrogens with zero attached hydrogens (tertiary/aromatic N) is 1. The standard InChI is InChI=1S/C25H27NO3/c1-5-9-20-16-21(17-23(28-3)24(20)29-4)25(27)26(2)15-14-19-12-8-11-18-10-6-7-13-22(18)19/h5-8,10-13,16-17H,1,9,14-15H2,2-4H3. The molecule has 0 spiro atoms. The highest BCUT2D eigenvalue weighted by atomic mass is 16.5. The average Bonchev–Trinajstić information content (AvgIpc) is 2.76. The van der Waals surface area contributed by atoms with Crippen molar-refractivity contribution in [3.05, 3.63) is 83.9 Å². The number of hydrogen-bond donors (Lipinski definition) is 0. The van der Waals surface area contributed by atoms with Crippen LogP contribution in [0.3, 0.4) is 0 Å². The Hall–Kier alpha value is -3.27. The fourth-order valence-electron chi connectivity index (χ4n) is 3.59. The Morgan fingerprint density at radius 3 is 2.52 bits per heavy atom. The minimum absolute atomic E-state index is 0.0449. The second kappa shape index (κ2) is 9.28. The highest BCUT2D eigenvalue weighted by molar-refractivity contribution is 5.95. The van der Waals surface area contributed by atoms with Gasteiger partial charge in [0.15, 0.2) is 11.5 Å². The van der Waals surface area contributed by atoms with E-state index in [-0.39, 0.29) is 5.91 Å². The summed E-state index contributed by atoms with van der Waals surface area (Å²) in [5.74, 6) is 1.15. The zero-order chi connectivity index (χ0) is 20.8. The van der Waals surface area contributed by atoms with E-state index in [1.165, 1.54) is 16.3 Å². The van der Waals surface area contributed by atoms with E-state index in [0.29, 0.717) is 30.0 Å². The summed E-state index contributed by atoms with van der Waals surface area (Å²) < 4.78 is 10.9. The third kappa shape index (κ3) is 4.43. The van der Waals surface area contributed by atoms with Gasteiger partial charge in [0, 0.05) is 24.7 Å². The Morgan fingerprint density at radius 1 is 1.03 bits per heavy atom. The summed E-state index contributed by atoms with van der Waals surface area (Å²) >= 11 is 0. The minimum atomic E-state index is -0.0449. The largest absolute Gasteiger partial charge is 0.493 e. The summed E-state index contributed by atoms with van der Waals surface area (Å²) in [5.41, 5.74) is 2.70. The van der Waals surface area contributed by atoms with Crippen molar-refractivity contribution in [2.45, 2.75) is 12.8 Å². The number of hydrogen-bond acceptors (Lipinski definition) is 3. The quantitative estimate of drug-likeness (QED) is 0.514. The third-order valence-corrected chi connectivity index (χ3v) is 5.11. The van der Waals surface area contributed by atoms with E-state index in [1.54, 1.807) is 31.3 Å². The van der Waals surface area contributed by atoms with E-state index >= 15 is 0 Å². The lowest BCUT2D eigenvalue weighted by atomic mass is 10.0. The molecule has 3 rings (SSSR count). The van der Waals surface area contributed by atoms with Crippen molar-refractivity contribution in [1.29, 1.82) is 0 Å². The molecule has 0 heterocycles. The average molecular weight is 389 g/mol. The molecule has 0 aliphatic heterocycles. The van der Waals surface area contributed by atoms with Gasteiger partial charge in [0.2, 0.25) is 0 Å². The predicted molar refractivity (Wildman–Crippen MR) is 118 cm³/mol. The SMILES string of the molecule is C=CCc1cc(C(=O)N(C)CCc2cccc3ccccc23)cc(OC)c1OC. The Kier molecular flexibility index (Phi) is 6.55. The number of carbonyl (C=O) groups excluding carboxylic acids is 1. The van der Waals surface area contributed by atoms with Gasteiger partial charge < -0.3 is 14.4 Å². The summed E-state index contributed by atoms with van der Waals surface area (Å²) in [7, 11) is 5.01. The molecule has 0 bridgehead atoms. The number of likely N-dealkylation sites (N-methyl/N-ethyl adjacent to an activating group) is 1. The lowest BCUT2D eigenvalue weighted by Crippen LogP contribution is -2.29. The Bertz CT molecular complexity index is 1020. The molecular weight excluding hydrogens is 362 g/mol. The second-order valence-electron chi connectivity index (χ2n) is 6.98. The van der Waals surface area contributed by atoms with E-state index in [2.05, 4.69) is 36.9 Å². The molecule has 3 aromatic rings. The molecule has 0 saturated carbocycles. The number of methoxy groups -OCH3 is 2. The number of rotatable bonds is 8. The van der Waals surface area contributed by atoms with Crippen molar-refractivity contribution in [2.75, 3.05) is 27.8 Å². The zero-order valence-electron chi connectivity index (χ0n) is 17.3. The number of ether oxygens (including phenoxy) is 2. The smallest absolute Gasteiger partial charge is 0.253 e. The number of carbonyl (C=O) groups is 1. The van der Waals surface area contributed by atoms with Crippen molar-refractivity contribution in [1.82, 2.24) is 4.90 Å². The van der Waals surface area contributed by atoms with Gasteiger partial charge in [-0.15, -0.1) is 6.58 Å². The maximum Gasteiger partial charge on any atom is 0.253 e. The van der Waals surface area contributed by atoms with Gasteiger partial charge in [-0.2, -0.15) is 0 Å². The number of amides is 1. The van der Waals surface area contributed by atoms with Gasteiger partial charge in [-0.25, -0.2) is 0 Å². The number of fused-ring (bicyclic) bond motifs is 1. The fraction of sp³-hybridized carbons (Fsp3) is 0.240. The van der Waals surface area contributed by atoms with E-state index in [9.17, 15) is 4.79 Å². The molecule has 0 aliphatic carbocycles. The van der Waals surface area contributed by atoms with E-state index in [0.717, 1.165) is 12.0 Å². The first-order chi connectivity index (χ1) is 14.1. The van der Waals surface area contributed by atoms with Crippen LogP contribution in [-0.4, -0.2) is 38.6 Å². The van der Waals surface area contributed by atoms with Gasteiger partial charge in [-0.05, 0) is 41.3 Å². The minimum Gasteiger partial charge on any atom is -0.493 e. The Labute approximate surface area is 172 Å². The molecule has 0 atom stereocenters. The fourth-order valence-corrected chi connectivity index (χ4v) is 3.59. The van der Waals surface area contributed by atoms with Gasteiger partial charge >= 0.3 is 0 Å². The van der Waals surface area contributed by atoms with Crippen LogP contribution >= 0.6 is 0 Å². The summed E-state index contributed by atoms with van der Waals surface area (Å²) in [6, 6.07) is 18.2. The van der Waals surface area contributed by atoms with Crippen LogP contribution in [0.15, 0.2) is 67.3 Å². The number of benzene rings is 3. The van der Waals surface area contributed by atoms with Crippen LogP contribution in [0.5, 0.6) is 11.5 Å². The highest BCUT2D eigenvalue weighted by Gasteiger charge is 2.18. The number of allylic oxidation sites excluding steroid dienone is 1. The van der Waals surface area contributed by atoms with Crippen LogP contribution in [0.2, 0.25) is 0 Å². The molecule has 0 radical (unpaired) electrons. The molecule has 0 aromatic heterocycles. The van der Waals surface area contributed by atoms with Crippen molar-refractivity contribution in [3.63, 3.8) is 0 Å². The van der Waals surface area contributed by atoms with Crippen LogP contribution in [0.4, 0.5) is 0 Å². The van der Waals surface area contributed by atoms with Crippen molar-refractivity contribution in [3.8, 4) is 11.5 Å². The molecular formula is C25H27NO3. The molecule has 150 valence electrons. The summed E-state index contributed by atoms with van der Waals surface area (Å²) in [6.07, 6.45) is 3.17. The van der Waals surface area contributed by atoms with Gasteiger partial charge in [0.1, 0.15) is 0 Å². The predicted octanol–water partition coefficient (Wildman–Crippen LogP) is 4.90. The van der Waals surface area contributed by atoms with Gasteiger partial charge in [0.25, 0.3) is 5.91 Å². The van der Waals surface area contributed by atoms with E-state index in [4.69, 9.17) is 9.47 Å². The molecule has 1 amide bonds. The topological polar surface area (TPSA) is 38.8 Å². The molecule has 0 fully saturated rings. The molecule has 0 aliphatic rings. The first kappa shape index (κ1) is 20.5. The van der Waals surface area contributed by atoms with Crippen LogP contribution in [0, 0.1) is 0 Å². The molecule has 29 heavy (non-hydrogen) atoms. The monoisotopic (exact) mass is 389 g/mol. The summed E-state index contributed by atoms with van der Waals surface area (Å²) in [4.78, 5) is 14.8. The molecule has 0 saturated heterocycles. The third-order valence-electron chi connectivity index (χ3n) is 5.11. The molecule has 4 nitrogen and oxygen atoms in total. The van der Waals surface area contributed by atoms with E-state index < -0.39 is 0 Å². The van der Waals surface area contributed by atoms with Crippen molar-refractivity contribution in [2.24, 2.45) is 0 Å². The lowest BCUT2D eigenvalue weighted by Gasteiger charge is -2.20. The first-order valence-electron chi connectivity index (χ1n) is 9.67. The van der Waals surface area contributed by atoms with Gasteiger partial charge in [-0.3, -0.25) is 4.79 Å². The molecule has 0 N–H and O–H groups in total. The van der Waals surface area contributed by atoms with Crippen molar-refractivity contribution >= 4 is 16.7 Å². The van der Waals surface area contributed by atoms with Crippen LogP contribution in [0.25, 0.3) is 10.8 Å². The maximum absolute atomic E-state index is 13.1. The maximum atomic E-state index is 13.1. The Balaban J connectivity index is 1.81. The normalized spacial score (nSPS) is 10.6. The summed E-state index contributed by atoms with van der Waals surface area (Å²) in [6.45, 7) is 4.42. The molecule has 4 heteroatoms. The van der Waals surface area contributed by atoms with E-state index in [1.807, 2.05) is 25.2 Å². The van der Waals surface area contributed by atoms with Gasteiger partial charge in [0.05, 0.1) is 14.2 Å². The first-order valence-corrected chi connectivity index (χ1v) is 9.67. The highest BCUT2D eigenvalue weighted by Crippen LogP contribution is 2.33. The Morgan fingerprint density at radius 2 is 1.79 bits per heavy atom. The van der Waals surface area contributed by atoms with Crippen molar-refractivity contribution < 1.29 is 14.3 Å². The molecule has 3 aromatic carbocycles. The van der Waals surface area contributed by atoms with Crippen LogP contribution < -0.4 is 9.47 Å². The second-order valence-corrected chi connectivity index (χ2v) is 6.98. The van der Waals surface area contributed by atoms with Crippen LogP contribution in [-0.2, 0) is 12.8 Å². The summed E-state index contributed by atoms with van der Waals surface area (Å²) in [5, 5.41) is 2.45.